The molecule has 1 unspecified atom stereocenters. The van der Waals surface area contributed by atoms with Crippen LogP contribution in [0.4, 0.5) is 5.69 Å². The molecule has 1 atom stereocenters. The van der Waals surface area contributed by atoms with E-state index in [9.17, 15) is 5.11 Å². The number of aliphatic hydroxyl groups is 1. The summed E-state index contributed by atoms with van der Waals surface area (Å²) in [5, 5.41) is 12.6. The summed E-state index contributed by atoms with van der Waals surface area (Å²) in [6.45, 7) is 4.82. The zero-order valence-corrected chi connectivity index (χ0v) is 8.73. The lowest BCUT2D eigenvalue weighted by atomic mass is 10.3. The van der Waals surface area contributed by atoms with Gasteiger partial charge in [0, 0.05) is 12.2 Å². The van der Waals surface area contributed by atoms with Crippen LogP contribution in [0.2, 0.25) is 0 Å². The highest BCUT2D eigenvalue weighted by Gasteiger charge is 2.02. The van der Waals surface area contributed by atoms with Gasteiger partial charge >= 0.3 is 0 Å². The van der Waals surface area contributed by atoms with Crippen molar-refractivity contribution in [2.75, 3.05) is 25.1 Å². The Bertz CT molecular complexity index is 274. The SMILES string of the molecule is C=CCOCC(O)CNc1ccccc1. The maximum absolute atomic E-state index is 9.52. The second-order valence-electron chi connectivity index (χ2n) is 3.23. The standard InChI is InChI=1S/C12H17NO2/c1-2-8-15-10-12(14)9-13-11-6-4-3-5-7-11/h2-7,12-14H,1,8-10H2. The van der Waals surface area contributed by atoms with Crippen LogP contribution in [-0.2, 0) is 4.74 Å². The predicted octanol–water partition coefficient (Wildman–Crippen LogP) is 1.66. The number of benzene rings is 1. The molecular formula is C12H17NO2. The Morgan fingerprint density at radius 1 is 1.40 bits per heavy atom. The first-order valence-electron chi connectivity index (χ1n) is 4.98. The van der Waals surface area contributed by atoms with Crippen molar-refractivity contribution in [1.29, 1.82) is 0 Å². The normalized spacial score (nSPS) is 12.1. The molecule has 0 aliphatic carbocycles. The number of ether oxygens (including phenoxy) is 1. The molecule has 15 heavy (non-hydrogen) atoms. The largest absolute Gasteiger partial charge is 0.389 e. The molecule has 0 saturated heterocycles. The number of rotatable bonds is 7. The summed E-state index contributed by atoms with van der Waals surface area (Å²) >= 11 is 0. The molecule has 0 aliphatic heterocycles. The highest BCUT2D eigenvalue weighted by atomic mass is 16.5. The molecule has 2 N–H and O–H groups in total. The van der Waals surface area contributed by atoms with Gasteiger partial charge in [-0.2, -0.15) is 0 Å². The minimum atomic E-state index is -0.495. The summed E-state index contributed by atoms with van der Waals surface area (Å²) in [6.07, 6.45) is 1.17. The molecule has 0 spiro atoms. The van der Waals surface area contributed by atoms with E-state index in [1.165, 1.54) is 0 Å². The van der Waals surface area contributed by atoms with Gasteiger partial charge in [-0.05, 0) is 12.1 Å². The molecule has 1 aromatic rings. The Morgan fingerprint density at radius 3 is 2.80 bits per heavy atom. The van der Waals surface area contributed by atoms with Crippen LogP contribution in [0, 0.1) is 0 Å². The molecule has 3 nitrogen and oxygen atoms in total. The number of hydrogen-bond donors (Lipinski definition) is 2. The van der Waals surface area contributed by atoms with E-state index in [1.807, 2.05) is 30.3 Å². The third-order valence-corrected chi connectivity index (χ3v) is 1.86. The van der Waals surface area contributed by atoms with Crippen LogP contribution in [0.3, 0.4) is 0 Å². The summed E-state index contributed by atoms with van der Waals surface area (Å²) < 4.78 is 5.12. The first-order valence-corrected chi connectivity index (χ1v) is 4.98. The molecule has 0 aliphatic rings. The summed E-state index contributed by atoms with van der Waals surface area (Å²) in [5.41, 5.74) is 1.00. The fraction of sp³-hybridized carbons (Fsp3) is 0.333. The Kier molecular flexibility index (Phi) is 5.51. The lowest BCUT2D eigenvalue weighted by molar-refractivity contribution is 0.0566. The molecule has 0 heterocycles. The maximum Gasteiger partial charge on any atom is 0.0945 e. The van der Waals surface area contributed by atoms with Crippen molar-refractivity contribution in [3.63, 3.8) is 0 Å². The minimum absolute atomic E-state index is 0.325. The number of hydrogen-bond acceptors (Lipinski definition) is 3. The van der Waals surface area contributed by atoms with Gasteiger partial charge in [0.05, 0.1) is 19.3 Å². The van der Waals surface area contributed by atoms with Crippen LogP contribution >= 0.6 is 0 Å². The second-order valence-corrected chi connectivity index (χ2v) is 3.23. The van der Waals surface area contributed by atoms with E-state index >= 15 is 0 Å². The summed E-state index contributed by atoms with van der Waals surface area (Å²) in [7, 11) is 0. The van der Waals surface area contributed by atoms with E-state index in [0.29, 0.717) is 19.8 Å². The van der Waals surface area contributed by atoms with Crippen LogP contribution < -0.4 is 5.32 Å². The van der Waals surface area contributed by atoms with Crippen LogP contribution in [0.15, 0.2) is 43.0 Å². The average molecular weight is 207 g/mol. The number of anilines is 1. The van der Waals surface area contributed by atoms with Gasteiger partial charge in [0.15, 0.2) is 0 Å². The third-order valence-electron chi connectivity index (χ3n) is 1.86. The van der Waals surface area contributed by atoms with Crippen molar-refractivity contribution in [3.8, 4) is 0 Å². The van der Waals surface area contributed by atoms with E-state index in [4.69, 9.17) is 4.74 Å². The molecule has 1 rings (SSSR count). The van der Waals surface area contributed by atoms with Gasteiger partial charge in [-0.15, -0.1) is 6.58 Å². The van der Waals surface area contributed by atoms with E-state index < -0.39 is 6.10 Å². The Morgan fingerprint density at radius 2 is 2.13 bits per heavy atom. The first kappa shape index (κ1) is 11.8. The predicted molar refractivity (Wildman–Crippen MR) is 62.0 cm³/mol. The van der Waals surface area contributed by atoms with E-state index in [-0.39, 0.29) is 0 Å². The van der Waals surface area contributed by atoms with Crippen molar-refractivity contribution < 1.29 is 9.84 Å². The van der Waals surface area contributed by atoms with Crippen LogP contribution in [0.1, 0.15) is 0 Å². The zero-order valence-electron chi connectivity index (χ0n) is 8.73. The summed E-state index contributed by atoms with van der Waals surface area (Å²) in [6, 6.07) is 9.76. The number of para-hydroxylation sites is 1. The van der Waals surface area contributed by atoms with Crippen molar-refractivity contribution in [2.24, 2.45) is 0 Å². The highest BCUT2D eigenvalue weighted by Crippen LogP contribution is 2.04. The fourth-order valence-corrected chi connectivity index (χ4v) is 1.14. The van der Waals surface area contributed by atoms with E-state index in [0.717, 1.165) is 5.69 Å². The van der Waals surface area contributed by atoms with E-state index in [2.05, 4.69) is 11.9 Å². The number of nitrogens with one attached hydrogen (secondary N) is 1. The maximum atomic E-state index is 9.52. The summed E-state index contributed by atoms with van der Waals surface area (Å²) in [5.74, 6) is 0. The topological polar surface area (TPSA) is 41.5 Å². The molecule has 82 valence electrons. The third kappa shape index (κ3) is 5.20. The quantitative estimate of drug-likeness (QED) is 0.528. The van der Waals surface area contributed by atoms with Gasteiger partial charge in [-0.3, -0.25) is 0 Å². The van der Waals surface area contributed by atoms with Gasteiger partial charge in [0.25, 0.3) is 0 Å². The van der Waals surface area contributed by atoms with Crippen molar-refractivity contribution in [2.45, 2.75) is 6.10 Å². The van der Waals surface area contributed by atoms with Gasteiger partial charge in [0.2, 0.25) is 0 Å². The van der Waals surface area contributed by atoms with Crippen LogP contribution in [-0.4, -0.2) is 31.0 Å². The monoisotopic (exact) mass is 207 g/mol. The van der Waals surface area contributed by atoms with Gasteiger partial charge < -0.3 is 15.2 Å². The lowest BCUT2D eigenvalue weighted by Crippen LogP contribution is -2.24. The molecule has 0 saturated carbocycles. The van der Waals surface area contributed by atoms with Gasteiger partial charge in [-0.1, -0.05) is 24.3 Å². The molecule has 0 bridgehead atoms. The molecule has 3 heteroatoms. The second kappa shape index (κ2) is 7.04. The van der Waals surface area contributed by atoms with Gasteiger partial charge in [0.1, 0.15) is 0 Å². The van der Waals surface area contributed by atoms with Crippen LogP contribution in [0.5, 0.6) is 0 Å². The smallest absolute Gasteiger partial charge is 0.0945 e. The Balaban J connectivity index is 2.16. The molecule has 1 aromatic carbocycles. The Hall–Kier alpha value is -1.32. The van der Waals surface area contributed by atoms with Gasteiger partial charge in [-0.25, -0.2) is 0 Å². The zero-order chi connectivity index (χ0) is 10.9. The van der Waals surface area contributed by atoms with Crippen molar-refractivity contribution in [1.82, 2.24) is 0 Å². The minimum Gasteiger partial charge on any atom is -0.389 e. The molecule has 0 aromatic heterocycles. The molecule has 0 amide bonds. The Labute approximate surface area is 90.4 Å². The van der Waals surface area contributed by atoms with E-state index in [1.54, 1.807) is 6.08 Å². The van der Waals surface area contributed by atoms with Crippen molar-refractivity contribution in [3.05, 3.63) is 43.0 Å². The fourth-order valence-electron chi connectivity index (χ4n) is 1.14. The summed E-state index contributed by atoms with van der Waals surface area (Å²) in [4.78, 5) is 0. The molecule has 0 fully saturated rings. The number of aliphatic hydroxyl groups excluding tert-OH is 1. The average Bonchev–Trinajstić information content (AvgIpc) is 2.28. The molecule has 0 radical (unpaired) electrons. The van der Waals surface area contributed by atoms with Crippen LogP contribution in [0.25, 0.3) is 0 Å². The van der Waals surface area contributed by atoms with Crippen molar-refractivity contribution >= 4 is 5.69 Å². The first-order chi connectivity index (χ1) is 7.33. The lowest BCUT2D eigenvalue weighted by Gasteiger charge is -2.12. The highest BCUT2D eigenvalue weighted by molar-refractivity contribution is 5.42. The molecular weight excluding hydrogens is 190 g/mol.